The number of para-hydroxylation sites is 2. The second-order valence-electron chi connectivity index (χ2n) is 7.32. The van der Waals surface area contributed by atoms with E-state index in [2.05, 4.69) is 41.8 Å². The van der Waals surface area contributed by atoms with Gasteiger partial charge in [-0.3, -0.25) is 0 Å². The summed E-state index contributed by atoms with van der Waals surface area (Å²) < 4.78 is 5.86. The zero-order valence-electron chi connectivity index (χ0n) is 15.7. The summed E-state index contributed by atoms with van der Waals surface area (Å²) in [7, 11) is 0. The SMILES string of the molecule is CCOC1CCC2(CC1)Nc1ccccc1N=C2NCc1cccc(Cl)c1. The molecule has 0 unspecified atom stereocenters. The molecule has 0 atom stereocenters. The molecule has 1 heterocycles. The quantitative estimate of drug-likeness (QED) is 0.752. The lowest BCUT2D eigenvalue weighted by atomic mass is 9.78. The van der Waals surface area contributed by atoms with E-state index in [0.717, 1.165) is 60.1 Å². The van der Waals surface area contributed by atoms with Gasteiger partial charge in [0.15, 0.2) is 0 Å². The van der Waals surface area contributed by atoms with Gasteiger partial charge in [0.25, 0.3) is 0 Å². The highest BCUT2D eigenvalue weighted by molar-refractivity contribution is 6.30. The van der Waals surface area contributed by atoms with E-state index < -0.39 is 0 Å². The second kappa shape index (κ2) is 7.91. The Morgan fingerprint density at radius 1 is 1.19 bits per heavy atom. The van der Waals surface area contributed by atoms with E-state index in [-0.39, 0.29) is 5.54 Å². The van der Waals surface area contributed by atoms with Crippen LogP contribution in [-0.4, -0.2) is 24.1 Å². The zero-order chi connectivity index (χ0) is 18.7. The van der Waals surface area contributed by atoms with E-state index >= 15 is 0 Å². The molecule has 2 aromatic carbocycles. The topological polar surface area (TPSA) is 45.6 Å². The Balaban J connectivity index is 1.57. The summed E-state index contributed by atoms with van der Waals surface area (Å²) in [5.74, 6) is 1.02. The molecule has 4 rings (SSSR count). The molecule has 1 saturated carbocycles. The summed E-state index contributed by atoms with van der Waals surface area (Å²) in [5, 5.41) is 8.16. The zero-order valence-corrected chi connectivity index (χ0v) is 16.4. The van der Waals surface area contributed by atoms with Gasteiger partial charge in [0.05, 0.1) is 23.0 Å². The maximum atomic E-state index is 6.14. The number of amidine groups is 1. The minimum absolute atomic E-state index is 0.152. The predicted molar refractivity (Wildman–Crippen MR) is 112 cm³/mol. The first-order valence-corrected chi connectivity index (χ1v) is 10.1. The molecule has 5 heteroatoms. The highest BCUT2D eigenvalue weighted by Gasteiger charge is 2.42. The largest absolute Gasteiger partial charge is 0.379 e. The van der Waals surface area contributed by atoms with Crippen molar-refractivity contribution < 1.29 is 4.74 Å². The van der Waals surface area contributed by atoms with Gasteiger partial charge in [0.2, 0.25) is 0 Å². The highest BCUT2D eigenvalue weighted by atomic mass is 35.5. The van der Waals surface area contributed by atoms with Gasteiger partial charge in [-0.1, -0.05) is 35.9 Å². The molecule has 0 bridgehead atoms. The van der Waals surface area contributed by atoms with Crippen LogP contribution in [0.4, 0.5) is 11.4 Å². The van der Waals surface area contributed by atoms with E-state index in [4.69, 9.17) is 21.3 Å². The standard InChI is InChI=1S/C22H26ClN3O/c1-2-27-18-10-12-22(13-11-18)21(24-15-16-6-5-7-17(23)14-16)25-19-8-3-4-9-20(19)26-22/h3-9,14,18,26H,2,10-13,15H2,1H3,(H,24,25). The van der Waals surface area contributed by atoms with Crippen molar-refractivity contribution >= 4 is 28.8 Å². The number of ether oxygens (including phenoxy) is 1. The smallest absolute Gasteiger partial charge is 0.128 e. The van der Waals surface area contributed by atoms with Crippen molar-refractivity contribution in [3.63, 3.8) is 0 Å². The summed E-state index contributed by atoms with van der Waals surface area (Å²) in [6.45, 7) is 3.56. The Kier molecular flexibility index (Phi) is 5.37. The number of anilines is 1. The van der Waals surface area contributed by atoms with Gasteiger partial charge in [0, 0.05) is 18.2 Å². The van der Waals surface area contributed by atoms with E-state index in [9.17, 15) is 0 Å². The molecule has 1 fully saturated rings. The second-order valence-corrected chi connectivity index (χ2v) is 7.76. The van der Waals surface area contributed by atoms with Crippen molar-refractivity contribution in [1.82, 2.24) is 5.32 Å². The molecule has 2 aliphatic rings. The normalized spacial score (nSPS) is 24.1. The Labute approximate surface area is 166 Å². The fourth-order valence-corrected chi connectivity index (χ4v) is 4.32. The lowest BCUT2D eigenvalue weighted by Crippen LogP contribution is -2.56. The Morgan fingerprint density at radius 2 is 2.00 bits per heavy atom. The van der Waals surface area contributed by atoms with E-state index in [1.807, 2.05) is 24.3 Å². The van der Waals surface area contributed by atoms with Gasteiger partial charge in [-0.15, -0.1) is 0 Å². The average Bonchev–Trinajstić information content (AvgIpc) is 2.68. The fourth-order valence-electron chi connectivity index (χ4n) is 4.11. The van der Waals surface area contributed by atoms with Crippen molar-refractivity contribution in [3.05, 3.63) is 59.1 Å². The lowest BCUT2D eigenvalue weighted by Gasteiger charge is -2.44. The number of nitrogens with one attached hydrogen (secondary N) is 2. The molecule has 1 aliphatic heterocycles. The number of hydrogen-bond donors (Lipinski definition) is 2. The number of hydrogen-bond acceptors (Lipinski definition) is 4. The molecule has 1 spiro atoms. The summed E-state index contributed by atoms with van der Waals surface area (Å²) >= 11 is 6.14. The van der Waals surface area contributed by atoms with Crippen LogP contribution in [-0.2, 0) is 11.3 Å². The van der Waals surface area contributed by atoms with Crippen LogP contribution in [0.15, 0.2) is 53.5 Å². The van der Waals surface area contributed by atoms with E-state index in [1.165, 1.54) is 0 Å². The Bertz CT molecular complexity index is 828. The number of rotatable bonds is 4. The van der Waals surface area contributed by atoms with Gasteiger partial charge in [0.1, 0.15) is 5.84 Å². The maximum Gasteiger partial charge on any atom is 0.128 e. The van der Waals surface area contributed by atoms with Crippen LogP contribution >= 0.6 is 11.6 Å². The van der Waals surface area contributed by atoms with Crippen molar-refractivity contribution in [2.75, 3.05) is 11.9 Å². The first-order chi connectivity index (χ1) is 13.2. The number of nitrogens with zero attached hydrogens (tertiary/aromatic N) is 1. The molecular weight excluding hydrogens is 358 g/mol. The first kappa shape index (κ1) is 18.3. The van der Waals surface area contributed by atoms with Crippen molar-refractivity contribution in [1.29, 1.82) is 0 Å². The third-order valence-corrected chi connectivity index (χ3v) is 5.74. The molecule has 1 aliphatic carbocycles. The average molecular weight is 384 g/mol. The molecule has 0 aromatic heterocycles. The molecule has 27 heavy (non-hydrogen) atoms. The van der Waals surface area contributed by atoms with Gasteiger partial charge >= 0.3 is 0 Å². The molecular formula is C22H26ClN3O. The molecule has 4 nitrogen and oxygen atoms in total. The third-order valence-electron chi connectivity index (χ3n) is 5.50. The van der Waals surface area contributed by atoms with Crippen LogP contribution in [0, 0.1) is 0 Å². The van der Waals surface area contributed by atoms with Gasteiger partial charge in [-0.2, -0.15) is 0 Å². The predicted octanol–water partition coefficient (Wildman–Crippen LogP) is 5.30. The van der Waals surface area contributed by atoms with Crippen LogP contribution in [0.5, 0.6) is 0 Å². The number of halogens is 1. The molecule has 2 aromatic rings. The molecule has 0 amide bonds. The Hall–Kier alpha value is -2.04. The molecule has 0 saturated heterocycles. The van der Waals surface area contributed by atoms with Crippen molar-refractivity contribution in [2.45, 2.75) is 50.8 Å². The van der Waals surface area contributed by atoms with Gasteiger partial charge in [-0.05, 0) is 62.4 Å². The van der Waals surface area contributed by atoms with Crippen LogP contribution in [0.25, 0.3) is 0 Å². The third kappa shape index (κ3) is 3.97. The summed E-state index contributed by atoms with van der Waals surface area (Å²) in [4.78, 5) is 5.00. The lowest BCUT2D eigenvalue weighted by molar-refractivity contribution is 0.0298. The molecule has 142 valence electrons. The Morgan fingerprint density at radius 3 is 2.78 bits per heavy atom. The minimum atomic E-state index is -0.152. The van der Waals surface area contributed by atoms with E-state index in [1.54, 1.807) is 0 Å². The van der Waals surface area contributed by atoms with Gasteiger partial charge < -0.3 is 15.4 Å². The molecule has 2 N–H and O–H groups in total. The highest BCUT2D eigenvalue weighted by Crippen LogP contribution is 2.40. The number of fused-ring (bicyclic) bond motifs is 1. The van der Waals surface area contributed by atoms with Gasteiger partial charge in [-0.25, -0.2) is 4.99 Å². The fraction of sp³-hybridized carbons (Fsp3) is 0.409. The summed E-state index contributed by atoms with van der Waals surface area (Å²) in [5.41, 5.74) is 3.10. The van der Waals surface area contributed by atoms with Crippen molar-refractivity contribution in [3.8, 4) is 0 Å². The van der Waals surface area contributed by atoms with Crippen LogP contribution in [0.2, 0.25) is 5.02 Å². The summed E-state index contributed by atoms with van der Waals surface area (Å²) in [6, 6.07) is 16.2. The maximum absolute atomic E-state index is 6.14. The molecule has 0 radical (unpaired) electrons. The van der Waals surface area contributed by atoms with Crippen LogP contribution < -0.4 is 10.6 Å². The number of aliphatic imine (C=N–C) groups is 1. The summed E-state index contributed by atoms with van der Waals surface area (Å²) in [6.07, 6.45) is 4.46. The van der Waals surface area contributed by atoms with E-state index in [0.29, 0.717) is 12.6 Å². The minimum Gasteiger partial charge on any atom is -0.379 e. The van der Waals surface area contributed by atoms with Crippen molar-refractivity contribution in [2.24, 2.45) is 4.99 Å². The first-order valence-electron chi connectivity index (χ1n) is 9.75. The number of benzene rings is 2. The monoisotopic (exact) mass is 383 g/mol. The van der Waals surface area contributed by atoms with Crippen LogP contribution in [0.3, 0.4) is 0 Å². The van der Waals surface area contributed by atoms with Crippen LogP contribution in [0.1, 0.15) is 38.2 Å².